The maximum Gasteiger partial charge on any atom is 0.289 e. The van der Waals surface area contributed by atoms with E-state index in [9.17, 15) is 13.2 Å². The molecule has 8 heteroatoms. The number of sulfonamides is 1. The van der Waals surface area contributed by atoms with E-state index in [-0.39, 0.29) is 16.8 Å². The van der Waals surface area contributed by atoms with Gasteiger partial charge in [-0.15, -0.1) is 0 Å². The van der Waals surface area contributed by atoms with Crippen LogP contribution in [-0.4, -0.2) is 61.9 Å². The zero-order chi connectivity index (χ0) is 18.2. The Hall–Kier alpha value is -1.38. The van der Waals surface area contributed by atoms with Crippen molar-refractivity contribution in [3.8, 4) is 0 Å². The van der Waals surface area contributed by atoms with Crippen molar-refractivity contribution in [2.24, 2.45) is 0 Å². The van der Waals surface area contributed by atoms with Crippen molar-refractivity contribution in [2.75, 3.05) is 26.2 Å². The van der Waals surface area contributed by atoms with Crippen LogP contribution < -0.4 is 4.72 Å². The Morgan fingerprint density at radius 3 is 2.52 bits per heavy atom. The molecule has 0 saturated carbocycles. The predicted octanol–water partition coefficient (Wildman–Crippen LogP) is 1.67. The zero-order valence-electron chi connectivity index (χ0n) is 15.1. The molecule has 0 spiro atoms. The molecule has 1 aromatic heterocycles. The number of carbonyl (C=O) groups is 1. The van der Waals surface area contributed by atoms with Crippen LogP contribution in [0.1, 0.15) is 50.6 Å². The number of amides is 1. The minimum Gasteiger partial charge on any atom is -0.438 e. The lowest BCUT2D eigenvalue weighted by molar-refractivity contribution is 0.0742. The van der Waals surface area contributed by atoms with Gasteiger partial charge in [-0.05, 0) is 65.3 Å². The fraction of sp³-hybridized carbons (Fsp3) is 0.706. The molecule has 1 atom stereocenters. The normalized spacial score (nSPS) is 22.7. The van der Waals surface area contributed by atoms with Crippen LogP contribution in [0.4, 0.5) is 0 Å². The van der Waals surface area contributed by atoms with Gasteiger partial charge in [0.05, 0.1) is 0 Å². The number of likely N-dealkylation sites (tertiary alicyclic amines) is 2. The summed E-state index contributed by atoms with van der Waals surface area (Å²) in [5.74, 6) is -0.157. The molecule has 0 radical (unpaired) electrons. The molecule has 0 bridgehead atoms. The van der Waals surface area contributed by atoms with E-state index in [1.807, 2.05) is 0 Å². The third-order valence-corrected chi connectivity index (χ3v) is 6.24. The van der Waals surface area contributed by atoms with E-state index in [4.69, 9.17) is 4.42 Å². The van der Waals surface area contributed by atoms with Gasteiger partial charge in [0.2, 0.25) is 5.09 Å². The first-order chi connectivity index (χ1) is 11.7. The predicted molar refractivity (Wildman–Crippen MR) is 93.9 cm³/mol. The molecule has 1 N–H and O–H groups in total. The van der Waals surface area contributed by atoms with Crippen molar-refractivity contribution in [2.45, 2.75) is 56.7 Å². The lowest BCUT2D eigenvalue weighted by Gasteiger charge is -2.23. The summed E-state index contributed by atoms with van der Waals surface area (Å²) in [4.78, 5) is 16.8. The van der Waals surface area contributed by atoms with E-state index < -0.39 is 15.6 Å². The Kier molecular flexibility index (Phi) is 4.96. The summed E-state index contributed by atoms with van der Waals surface area (Å²) in [6, 6.07) is 3.20. The van der Waals surface area contributed by atoms with Gasteiger partial charge < -0.3 is 9.32 Å². The van der Waals surface area contributed by atoms with Gasteiger partial charge in [-0.2, -0.15) is 0 Å². The molecule has 0 aliphatic carbocycles. The highest BCUT2D eigenvalue weighted by molar-refractivity contribution is 7.89. The maximum absolute atomic E-state index is 12.6. The first-order valence-electron chi connectivity index (χ1n) is 8.83. The molecule has 2 aliphatic heterocycles. The van der Waals surface area contributed by atoms with Crippen LogP contribution in [0, 0.1) is 0 Å². The van der Waals surface area contributed by atoms with Crippen LogP contribution >= 0.6 is 0 Å². The Morgan fingerprint density at radius 2 is 1.88 bits per heavy atom. The van der Waals surface area contributed by atoms with E-state index in [1.165, 1.54) is 25.0 Å². The van der Waals surface area contributed by atoms with Crippen molar-refractivity contribution in [3.63, 3.8) is 0 Å². The quantitative estimate of drug-likeness (QED) is 0.873. The Morgan fingerprint density at radius 1 is 1.20 bits per heavy atom. The maximum atomic E-state index is 12.6. The minimum absolute atomic E-state index is 0.0800. The van der Waals surface area contributed by atoms with Crippen LogP contribution in [0.25, 0.3) is 0 Å². The van der Waals surface area contributed by atoms with Gasteiger partial charge in [0.1, 0.15) is 0 Å². The Bertz CT molecular complexity index is 729. The minimum atomic E-state index is -3.77. The highest BCUT2D eigenvalue weighted by atomic mass is 32.2. The Balaban J connectivity index is 1.67. The summed E-state index contributed by atoms with van der Waals surface area (Å²) in [5, 5.41) is -0.221. The van der Waals surface area contributed by atoms with Gasteiger partial charge in [-0.25, -0.2) is 13.1 Å². The van der Waals surface area contributed by atoms with E-state index in [2.05, 4.69) is 9.62 Å². The summed E-state index contributed by atoms with van der Waals surface area (Å²) in [6.07, 6.45) is 3.42. The smallest absolute Gasteiger partial charge is 0.289 e. The van der Waals surface area contributed by atoms with Crippen molar-refractivity contribution in [3.05, 3.63) is 17.9 Å². The van der Waals surface area contributed by atoms with E-state index in [0.717, 1.165) is 19.5 Å². The molecule has 1 aromatic rings. The summed E-state index contributed by atoms with van der Waals surface area (Å²) in [5.41, 5.74) is -0.617. The standard InChI is InChI=1S/C17H27N3O4S/c1-17(2,3)18-25(22,23)15-7-6-14(24-15)16(21)20-11-8-13(12-20)19-9-4-5-10-19/h6-7,13,18H,4-5,8-12H2,1-3H3. The lowest BCUT2D eigenvalue weighted by atomic mass is 10.1. The molecule has 3 heterocycles. The molecule has 2 aliphatic rings. The van der Waals surface area contributed by atoms with Gasteiger partial charge >= 0.3 is 0 Å². The number of furan rings is 1. The van der Waals surface area contributed by atoms with Gasteiger partial charge in [-0.1, -0.05) is 0 Å². The monoisotopic (exact) mass is 369 g/mol. The molecule has 25 heavy (non-hydrogen) atoms. The first kappa shape index (κ1) is 18.4. The second kappa shape index (κ2) is 6.74. The topological polar surface area (TPSA) is 82.9 Å². The number of nitrogens with one attached hydrogen (secondary N) is 1. The third kappa shape index (κ3) is 4.24. The number of nitrogens with zero attached hydrogens (tertiary/aromatic N) is 2. The highest BCUT2D eigenvalue weighted by Crippen LogP contribution is 2.23. The SMILES string of the molecule is CC(C)(C)NS(=O)(=O)c1ccc(C(=O)N2CCC(N3CCCC3)C2)o1. The van der Waals surface area contributed by atoms with E-state index in [0.29, 0.717) is 19.1 Å². The third-order valence-electron chi connectivity index (χ3n) is 4.61. The van der Waals surface area contributed by atoms with Crippen LogP contribution in [-0.2, 0) is 10.0 Å². The van der Waals surface area contributed by atoms with Crippen molar-refractivity contribution in [1.82, 2.24) is 14.5 Å². The second-order valence-corrected chi connectivity index (χ2v) is 9.52. The average Bonchev–Trinajstić information content (AvgIpc) is 3.24. The lowest BCUT2D eigenvalue weighted by Crippen LogP contribution is -2.40. The largest absolute Gasteiger partial charge is 0.438 e. The first-order valence-corrected chi connectivity index (χ1v) is 10.3. The molecule has 140 valence electrons. The molecular formula is C17H27N3O4S. The summed E-state index contributed by atoms with van der Waals surface area (Å²) >= 11 is 0. The number of carbonyl (C=O) groups excluding carboxylic acids is 1. The van der Waals surface area contributed by atoms with Gasteiger partial charge in [-0.3, -0.25) is 9.69 Å². The van der Waals surface area contributed by atoms with Crippen LogP contribution in [0.5, 0.6) is 0 Å². The second-order valence-electron chi connectivity index (χ2n) is 7.91. The van der Waals surface area contributed by atoms with Gasteiger partial charge in [0.25, 0.3) is 15.9 Å². The summed E-state index contributed by atoms with van der Waals surface area (Å²) < 4.78 is 32.5. The summed E-state index contributed by atoms with van der Waals surface area (Å²) in [6.45, 7) is 8.83. The molecular weight excluding hydrogens is 342 g/mol. The summed E-state index contributed by atoms with van der Waals surface area (Å²) in [7, 11) is -3.77. The van der Waals surface area contributed by atoms with Crippen LogP contribution in [0.2, 0.25) is 0 Å². The molecule has 2 fully saturated rings. The van der Waals surface area contributed by atoms with Gasteiger partial charge in [0, 0.05) is 24.7 Å². The van der Waals surface area contributed by atoms with Crippen molar-refractivity contribution in [1.29, 1.82) is 0 Å². The molecule has 0 aromatic carbocycles. The van der Waals surface area contributed by atoms with Crippen molar-refractivity contribution < 1.29 is 17.6 Å². The van der Waals surface area contributed by atoms with Crippen molar-refractivity contribution >= 4 is 15.9 Å². The fourth-order valence-electron chi connectivity index (χ4n) is 3.52. The van der Waals surface area contributed by atoms with E-state index >= 15 is 0 Å². The number of hydrogen-bond acceptors (Lipinski definition) is 5. The molecule has 3 rings (SSSR count). The fourth-order valence-corrected chi connectivity index (χ4v) is 4.87. The van der Waals surface area contributed by atoms with Crippen LogP contribution in [0.15, 0.2) is 21.6 Å². The highest BCUT2D eigenvalue weighted by Gasteiger charge is 2.34. The molecule has 1 unspecified atom stereocenters. The Labute approximate surface area is 149 Å². The number of rotatable bonds is 4. The number of hydrogen-bond donors (Lipinski definition) is 1. The average molecular weight is 369 g/mol. The molecule has 1 amide bonds. The van der Waals surface area contributed by atoms with Crippen LogP contribution in [0.3, 0.4) is 0 Å². The molecule has 2 saturated heterocycles. The van der Waals surface area contributed by atoms with E-state index in [1.54, 1.807) is 25.7 Å². The van der Waals surface area contributed by atoms with Gasteiger partial charge in [0.15, 0.2) is 5.76 Å². The zero-order valence-corrected chi connectivity index (χ0v) is 15.9. The molecule has 7 nitrogen and oxygen atoms in total.